The van der Waals surface area contributed by atoms with Gasteiger partial charge < -0.3 is 24.7 Å². The molecular formula is C15H18N4O7. The molecule has 1 aromatic rings. The predicted octanol–water partition coefficient (Wildman–Crippen LogP) is -0.339. The molecule has 1 aliphatic heterocycles. The predicted molar refractivity (Wildman–Crippen MR) is 83.0 cm³/mol. The number of carbonyl (C=O) groups excluding carboxylic acids is 3. The van der Waals surface area contributed by atoms with Gasteiger partial charge in [-0.05, 0) is 0 Å². The van der Waals surface area contributed by atoms with Gasteiger partial charge in [0.15, 0.2) is 18.4 Å². The van der Waals surface area contributed by atoms with E-state index in [9.17, 15) is 14.4 Å². The zero-order valence-corrected chi connectivity index (χ0v) is 14.4. The molecule has 0 saturated carbocycles. The molecule has 2 heterocycles. The van der Waals surface area contributed by atoms with E-state index >= 15 is 0 Å². The second-order valence-electron chi connectivity index (χ2n) is 5.52. The van der Waals surface area contributed by atoms with Crippen molar-refractivity contribution in [2.24, 2.45) is 0 Å². The molecule has 0 bridgehead atoms. The van der Waals surface area contributed by atoms with Crippen LogP contribution in [0.2, 0.25) is 0 Å². The highest BCUT2D eigenvalue weighted by Crippen LogP contribution is 2.35. The van der Waals surface area contributed by atoms with E-state index in [0.717, 1.165) is 4.68 Å². The Morgan fingerprint density at radius 3 is 2.35 bits per heavy atom. The number of aromatic nitrogens is 2. The zero-order valence-electron chi connectivity index (χ0n) is 14.4. The first-order valence-electron chi connectivity index (χ1n) is 7.61. The van der Waals surface area contributed by atoms with E-state index in [1.54, 1.807) is 0 Å². The maximum Gasteiger partial charge on any atom is 0.303 e. The molecule has 0 aliphatic carbocycles. The van der Waals surface area contributed by atoms with Crippen molar-refractivity contribution in [2.75, 3.05) is 12.3 Å². The van der Waals surface area contributed by atoms with E-state index in [0.29, 0.717) is 0 Å². The van der Waals surface area contributed by atoms with E-state index < -0.39 is 42.4 Å². The largest absolute Gasteiger partial charge is 0.463 e. The van der Waals surface area contributed by atoms with Crippen molar-refractivity contribution in [3.05, 3.63) is 11.8 Å². The van der Waals surface area contributed by atoms with Gasteiger partial charge in [0, 0.05) is 20.8 Å². The maximum atomic E-state index is 11.5. The summed E-state index contributed by atoms with van der Waals surface area (Å²) in [5.41, 5.74) is 5.97. The van der Waals surface area contributed by atoms with Crippen molar-refractivity contribution in [1.82, 2.24) is 9.78 Å². The van der Waals surface area contributed by atoms with Crippen LogP contribution in [-0.2, 0) is 33.3 Å². The molecule has 26 heavy (non-hydrogen) atoms. The van der Waals surface area contributed by atoms with Crippen molar-refractivity contribution in [1.29, 1.82) is 5.26 Å². The van der Waals surface area contributed by atoms with Gasteiger partial charge in [0.25, 0.3) is 0 Å². The highest BCUT2D eigenvalue weighted by molar-refractivity contribution is 5.68. The number of nitrogens with zero attached hydrogens (tertiary/aromatic N) is 3. The molecule has 2 rings (SSSR count). The van der Waals surface area contributed by atoms with Crippen LogP contribution < -0.4 is 5.73 Å². The SMILES string of the molecule is CC(=O)OC[C@H]1O[C@@H](n2ncc(C#N)c2N)[C@H](OC(C)=O)[C@@H]1OC(C)=O. The monoisotopic (exact) mass is 366 g/mol. The Morgan fingerprint density at radius 2 is 1.85 bits per heavy atom. The molecule has 0 aromatic carbocycles. The Hall–Kier alpha value is -3.13. The number of nitrogens with two attached hydrogens (primary N) is 1. The van der Waals surface area contributed by atoms with Crippen LogP contribution >= 0.6 is 0 Å². The fourth-order valence-corrected chi connectivity index (χ4v) is 2.55. The standard InChI is InChI=1S/C15H18N4O7/c1-7(20)23-6-11-12(24-8(2)21)13(25-9(3)22)15(26-11)19-14(17)10(4-16)5-18-19/h5,11-13,15H,6,17H2,1-3H3/t11-,12-,13-,15-/m1/s1. The van der Waals surface area contributed by atoms with Crippen LogP contribution in [0, 0.1) is 11.3 Å². The highest BCUT2D eigenvalue weighted by Gasteiger charge is 2.51. The van der Waals surface area contributed by atoms with Crippen LogP contribution in [0.15, 0.2) is 6.20 Å². The molecule has 1 fully saturated rings. The molecular weight excluding hydrogens is 348 g/mol. The molecule has 140 valence electrons. The molecule has 1 aromatic heterocycles. The van der Waals surface area contributed by atoms with Gasteiger partial charge in [-0.15, -0.1) is 0 Å². The third kappa shape index (κ3) is 4.09. The molecule has 11 heteroatoms. The van der Waals surface area contributed by atoms with Crippen LogP contribution in [0.4, 0.5) is 5.82 Å². The topological polar surface area (TPSA) is 156 Å². The van der Waals surface area contributed by atoms with Gasteiger partial charge in [-0.3, -0.25) is 14.4 Å². The van der Waals surface area contributed by atoms with Crippen LogP contribution in [0.5, 0.6) is 0 Å². The normalized spacial score (nSPS) is 24.5. The molecule has 11 nitrogen and oxygen atoms in total. The fourth-order valence-electron chi connectivity index (χ4n) is 2.55. The van der Waals surface area contributed by atoms with Gasteiger partial charge in [-0.25, -0.2) is 4.68 Å². The Bertz CT molecular complexity index is 754. The molecule has 0 unspecified atom stereocenters. The van der Waals surface area contributed by atoms with E-state index in [-0.39, 0.29) is 18.0 Å². The van der Waals surface area contributed by atoms with Crippen LogP contribution in [-0.4, -0.2) is 52.6 Å². The van der Waals surface area contributed by atoms with Crippen molar-refractivity contribution in [2.45, 2.75) is 45.3 Å². The Morgan fingerprint density at radius 1 is 1.23 bits per heavy atom. The summed E-state index contributed by atoms with van der Waals surface area (Å²) in [7, 11) is 0. The van der Waals surface area contributed by atoms with Crippen LogP contribution in [0.25, 0.3) is 0 Å². The third-order valence-electron chi connectivity index (χ3n) is 3.54. The number of hydrogen-bond acceptors (Lipinski definition) is 10. The van der Waals surface area contributed by atoms with Gasteiger partial charge in [0.2, 0.25) is 0 Å². The average Bonchev–Trinajstić information content (AvgIpc) is 3.06. The summed E-state index contributed by atoms with van der Waals surface area (Å²) in [6, 6.07) is 1.86. The van der Waals surface area contributed by atoms with Crippen molar-refractivity contribution in [3.8, 4) is 6.07 Å². The minimum absolute atomic E-state index is 0.00985. The molecule has 1 saturated heterocycles. The lowest BCUT2D eigenvalue weighted by Crippen LogP contribution is -2.40. The lowest BCUT2D eigenvalue weighted by atomic mass is 10.1. The lowest BCUT2D eigenvalue weighted by molar-refractivity contribution is -0.166. The van der Waals surface area contributed by atoms with Gasteiger partial charge in [0.1, 0.15) is 30.2 Å². The number of nitriles is 1. The molecule has 1 aliphatic rings. The van der Waals surface area contributed by atoms with E-state index in [2.05, 4.69) is 5.10 Å². The summed E-state index contributed by atoms with van der Waals surface area (Å²) in [5, 5.41) is 13.0. The second-order valence-corrected chi connectivity index (χ2v) is 5.52. The van der Waals surface area contributed by atoms with E-state index in [1.807, 2.05) is 6.07 Å². The smallest absolute Gasteiger partial charge is 0.303 e. The van der Waals surface area contributed by atoms with Crippen LogP contribution in [0.3, 0.4) is 0 Å². The Kier molecular flexibility index (Phi) is 5.78. The van der Waals surface area contributed by atoms with Crippen molar-refractivity contribution >= 4 is 23.7 Å². The number of carbonyl (C=O) groups is 3. The maximum absolute atomic E-state index is 11.5. The first-order chi connectivity index (χ1) is 12.2. The summed E-state index contributed by atoms with van der Waals surface area (Å²) >= 11 is 0. The minimum atomic E-state index is -1.11. The van der Waals surface area contributed by atoms with E-state index in [4.69, 9.17) is 29.9 Å². The van der Waals surface area contributed by atoms with Crippen molar-refractivity contribution < 1.29 is 33.3 Å². The molecule has 4 atom stereocenters. The van der Waals surface area contributed by atoms with Gasteiger partial charge in [-0.2, -0.15) is 10.4 Å². The van der Waals surface area contributed by atoms with Gasteiger partial charge >= 0.3 is 17.9 Å². The van der Waals surface area contributed by atoms with Crippen LogP contribution in [0.1, 0.15) is 32.6 Å². The number of anilines is 1. The first kappa shape index (κ1) is 19.2. The number of ether oxygens (including phenoxy) is 4. The zero-order chi connectivity index (χ0) is 19.4. The first-order valence-corrected chi connectivity index (χ1v) is 7.61. The minimum Gasteiger partial charge on any atom is -0.463 e. The molecule has 0 amide bonds. The fraction of sp³-hybridized carbons (Fsp3) is 0.533. The third-order valence-corrected chi connectivity index (χ3v) is 3.54. The van der Waals surface area contributed by atoms with Crippen molar-refractivity contribution in [3.63, 3.8) is 0 Å². The average molecular weight is 366 g/mol. The summed E-state index contributed by atoms with van der Waals surface area (Å²) in [4.78, 5) is 34.1. The molecule has 2 N–H and O–H groups in total. The lowest BCUT2D eigenvalue weighted by Gasteiger charge is -2.23. The highest BCUT2D eigenvalue weighted by atomic mass is 16.7. The molecule has 0 spiro atoms. The quantitative estimate of drug-likeness (QED) is 0.540. The number of esters is 3. The summed E-state index contributed by atoms with van der Waals surface area (Å²) in [6.07, 6.45) is -2.94. The summed E-state index contributed by atoms with van der Waals surface area (Å²) < 4.78 is 22.3. The Labute approximate surface area is 148 Å². The second kappa shape index (κ2) is 7.83. The van der Waals surface area contributed by atoms with Gasteiger partial charge in [-0.1, -0.05) is 0 Å². The van der Waals surface area contributed by atoms with E-state index in [1.165, 1.54) is 27.0 Å². The molecule has 0 radical (unpaired) electrons. The summed E-state index contributed by atoms with van der Waals surface area (Å²) in [6.45, 7) is 3.32. The summed E-state index contributed by atoms with van der Waals surface area (Å²) in [5.74, 6) is -1.87. The number of hydrogen-bond donors (Lipinski definition) is 1. The number of nitrogen functional groups attached to an aromatic ring is 1. The van der Waals surface area contributed by atoms with Gasteiger partial charge in [0.05, 0.1) is 6.20 Å². The number of rotatable bonds is 5. The Balaban J connectivity index is 2.39.